The number of aryl methyl sites for hydroxylation is 1. The summed E-state index contributed by atoms with van der Waals surface area (Å²) in [7, 11) is -4.64. The Labute approximate surface area is 105 Å². The van der Waals surface area contributed by atoms with Crippen LogP contribution < -0.4 is 4.68 Å². The summed E-state index contributed by atoms with van der Waals surface area (Å²) in [6, 6.07) is 9.53. The highest BCUT2D eigenvalue weighted by Gasteiger charge is 2.11. The minimum atomic E-state index is -4.64. The Balaban J connectivity index is 2.20. The number of rotatable bonds is 4. The molecule has 1 aromatic carbocycles. The maximum Gasteiger partial charge on any atom is 0.217 e. The normalized spacial score (nSPS) is 11.9. The van der Waals surface area contributed by atoms with Gasteiger partial charge in [-0.25, -0.2) is 8.42 Å². The van der Waals surface area contributed by atoms with Gasteiger partial charge in [-0.2, -0.15) is 0 Å². The highest BCUT2D eigenvalue weighted by molar-refractivity contribution is 7.80. The minimum absolute atomic E-state index is 0.206. The smallest absolute Gasteiger partial charge is 0.217 e. The Morgan fingerprint density at radius 2 is 2.11 bits per heavy atom. The predicted molar refractivity (Wildman–Crippen MR) is 62.3 cm³/mol. The molecule has 0 amide bonds. The Kier molecular flexibility index (Phi) is 3.55. The van der Waals surface area contributed by atoms with Crippen molar-refractivity contribution in [2.75, 3.05) is 6.61 Å². The lowest BCUT2D eigenvalue weighted by Crippen LogP contribution is -2.43. The van der Waals surface area contributed by atoms with E-state index in [-0.39, 0.29) is 13.2 Å². The first-order valence-electron chi connectivity index (χ1n) is 5.32. The Morgan fingerprint density at radius 1 is 1.39 bits per heavy atom. The summed E-state index contributed by atoms with van der Waals surface area (Å²) in [5, 5.41) is 5.34. The number of aromatic nitrogens is 2. The maximum atomic E-state index is 10.3. The van der Waals surface area contributed by atoms with Crippen LogP contribution in [-0.4, -0.2) is 24.7 Å². The Hall–Kier alpha value is -1.57. The van der Waals surface area contributed by atoms with Gasteiger partial charge in [-0.1, -0.05) is 22.9 Å². The first kappa shape index (κ1) is 12.9. The van der Waals surface area contributed by atoms with Gasteiger partial charge < -0.3 is 4.55 Å². The molecule has 6 nitrogen and oxygen atoms in total. The van der Waals surface area contributed by atoms with Gasteiger partial charge in [-0.3, -0.25) is 4.18 Å². The Morgan fingerprint density at radius 3 is 2.83 bits per heavy atom. The summed E-state index contributed by atoms with van der Waals surface area (Å²) in [5.74, 6) is 0. The summed E-state index contributed by atoms with van der Waals surface area (Å²) in [6.07, 6.45) is 0. The van der Waals surface area contributed by atoms with E-state index in [0.29, 0.717) is 0 Å². The topological polar surface area (TPSA) is 83.2 Å². The molecule has 0 aliphatic heterocycles. The monoisotopic (exact) mass is 268 g/mol. The number of hydrogen-bond acceptors (Lipinski definition) is 5. The zero-order valence-corrected chi connectivity index (χ0v) is 10.6. The number of hydrogen-bond donors (Lipinski definition) is 0. The van der Waals surface area contributed by atoms with Crippen LogP contribution in [-0.2, 0) is 21.1 Å². The van der Waals surface area contributed by atoms with Crippen molar-refractivity contribution in [2.45, 2.75) is 13.5 Å². The molecule has 0 aliphatic carbocycles. The van der Waals surface area contributed by atoms with Gasteiger partial charge in [0, 0.05) is 23.5 Å². The molecule has 2 aromatic rings. The average molecular weight is 268 g/mol. The van der Waals surface area contributed by atoms with Crippen molar-refractivity contribution in [1.82, 2.24) is 5.10 Å². The van der Waals surface area contributed by atoms with Crippen molar-refractivity contribution < 1.29 is 21.8 Å². The lowest BCUT2D eigenvalue weighted by atomic mass is 10.2. The van der Waals surface area contributed by atoms with E-state index in [2.05, 4.69) is 9.28 Å². The van der Waals surface area contributed by atoms with E-state index in [1.165, 1.54) is 0 Å². The van der Waals surface area contributed by atoms with E-state index in [4.69, 9.17) is 0 Å². The average Bonchev–Trinajstić information content (AvgIpc) is 2.28. The molecule has 1 heterocycles. The van der Waals surface area contributed by atoms with Gasteiger partial charge in [0.25, 0.3) is 0 Å². The van der Waals surface area contributed by atoms with Crippen LogP contribution in [0.1, 0.15) is 5.69 Å². The van der Waals surface area contributed by atoms with E-state index in [9.17, 15) is 13.0 Å². The number of benzene rings is 1. The summed E-state index contributed by atoms with van der Waals surface area (Å²) in [5.41, 5.74) is 1.66. The molecule has 0 saturated heterocycles. The van der Waals surface area contributed by atoms with Crippen LogP contribution in [0.15, 0.2) is 30.3 Å². The van der Waals surface area contributed by atoms with Gasteiger partial charge in [-0.05, 0) is 6.07 Å². The summed E-state index contributed by atoms with van der Waals surface area (Å²) < 4.78 is 36.7. The molecular weight excluding hydrogens is 256 g/mol. The first-order chi connectivity index (χ1) is 8.46. The molecule has 0 unspecified atom stereocenters. The molecule has 0 bridgehead atoms. The molecule has 2 rings (SSSR count). The van der Waals surface area contributed by atoms with Crippen LogP contribution in [0, 0.1) is 6.92 Å². The highest BCUT2D eigenvalue weighted by atomic mass is 32.3. The SMILES string of the molecule is Cc1cc2ccccc2n[n+]1CCOS(=O)(=O)[O-]. The van der Waals surface area contributed by atoms with Crippen molar-refractivity contribution in [2.24, 2.45) is 0 Å². The third-order valence-corrected chi connectivity index (χ3v) is 2.92. The van der Waals surface area contributed by atoms with Crippen molar-refractivity contribution in [3.63, 3.8) is 0 Å². The lowest BCUT2D eigenvalue weighted by Gasteiger charge is -2.05. The van der Waals surface area contributed by atoms with Crippen molar-refractivity contribution in [3.05, 3.63) is 36.0 Å². The van der Waals surface area contributed by atoms with E-state index in [1.807, 2.05) is 37.3 Å². The quantitative estimate of drug-likeness (QED) is 0.452. The molecule has 0 N–H and O–H groups in total. The fraction of sp³-hybridized carbons (Fsp3) is 0.273. The summed E-state index contributed by atoms with van der Waals surface area (Å²) in [6.45, 7) is 1.84. The molecule has 18 heavy (non-hydrogen) atoms. The second-order valence-electron chi connectivity index (χ2n) is 3.80. The standard InChI is InChI=1S/C11H12N2O4S/c1-9-8-10-4-2-3-5-11(10)12-13(9)6-7-17-18(14,15)16/h2-5,8H,6-7H2,1H3. The molecule has 7 heteroatoms. The highest BCUT2D eigenvalue weighted by Crippen LogP contribution is 2.09. The van der Waals surface area contributed by atoms with Gasteiger partial charge in [-0.15, -0.1) is 0 Å². The fourth-order valence-corrected chi connectivity index (χ4v) is 1.94. The van der Waals surface area contributed by atoms with Gasteiger partial charge in [0.2, 0.25) is 16.1 Å². The van der Waals surface area contributed by atoms with E-state index < -0.39 is 10.4 Å². The zero-order valence-electron chi connectivity index (χ0n) is 9.74. The van der Waals surface area contributed by atoms with Crippen molar-refractivity contribution in [3.8, 4) is 0 Å². The van der Waals surface area contributed by atoms with Crippen molar-refractivity contribution in [1.29, 1.82) is 0 Å². The largest absolute Gasteiger partial charge is 0.726 e. The molecule has 1 aromatic heterocycles. The second-order valence-corrected chi connectivity index (χ2v) is 4.85. The first-order valence-corrected chi connectivity index (χ1v) is 6.66. The van der Waals surface area contributed by atoms with Crippen LogP contribution in [0.4, 0.5) is 0 Å². The van der Waals surface area contributed by atoms with Crippen LogP contribution in [0.5, 0.6) is 0 Å². The Bertz CT molecular complexity index is 670. The van der Waals surface area contributed by atoms with E-state index in [1.54, 1.807) is 4.68 Å². The molecular formula is C11H12N2O4S. The van der Waals surface area contributed by atoms with Gasteiger partial charge in [0.1, 0.15) is 12.1 Å². The van der Waals surface area contributed by atoms with Gasteiger partial charge >= 0.3 is 0 Å². The molecule has 0 aliphatic rings. The van der Waals surface area contributed by atoms with Crippen LogP contribution in [0.25, 0.3) is 10.9 Å². The molecule has 96 valence electrons. The number of nitrogens with zero attached hydrogens (tertiary/aromatic N) is 2. The van der Waals surface area contributed by atoms with Crippen LogP contribution in [0.2, 0.25) is 0 Å². The van der Waals surface area contributed by atoms with E-state index in [0.717, 1.165) is 16.6 Å². The zero-order chi connectivity index (χ0) is 13.2. The lowest BCUT2D eigenvalue weighted by molar-refractivity contribution is -0.757. The van der Waals surface area contributed by atoms with Gasteiger partial charge in [0.05, 0.1) is 0 Å². The maximum absolute atomic E-state index is 10.3. The predicted octanol–water partition coefficient (Wildman–Crippen LogP) is 0.308. The molecule has 0 fully saturated rings. The number of fused-ring (bicyclic) bond motifs is 1. The van der Waals surface area contributed by atoms with Gasteiger partial charge in [0.15, 0.2) is 6.54 Å². The second kappa shape index (κ2) is 4.97. The molecule has 0 radical (unpaired) electrons. The van der Waals surface area contributed by atoms with Crippen molar-refractivity contribution >= 4 is 21.3 Å². The molecule has 0 saturated carbocycles. The molecule has 0 spiro atoms. The van der Waals surface area contributed by atoms with Crippen LogP contribution in [0.3, 0.4) is 0 Å². The fourth-order valence-electron chi connectivity index (χ4n) is 1.66. The van der Waals surface area contributed by atoms with E-state index >= 15 is 0 Å². The third kappa shape index (κ3) is 3.22. The summed E-state index contributed by atoms with van der Waals surface area (Å²) >= 11 is 0. The van der Waals surface area contributed by atoms with Crippen LogP contribution >= 0.6 is 0 Å². The third-order valence-electron chi connectivity index (χ3n) is 2.47. The summed E-state index contributed by atoms with van der Waals surface area (Å²) in [4.78, 5) is 0. The molecule has 0 atom stereocenters. The minimum Gasteiger partial charge on any atom is -0.726 e.